The van der Waals surface area contributed by atoms with Crippen molar-refractivity contribution in [3.8, 4) is 0 Å². The van der Waals surface area contributed by atoms with Crippen molar-refractivity contribution in [1.82, 2.24) is 0 Å². The van der Waals surface area contributed by atoms with Crippen molar-refractivity contribution in [2.45, 2.75) is 36.4 Å². The van der Waals surface area contributed by atoms with E-state index in [1.807, 2.05) is 0 Å². The van der Waals surface area contributed by atoms with Gasteiger partial charge in [0.15, 0.2) is 0 Å². The normalized spacial score (nSPS) is 42.9. The van der Waals surface area contributed by atoms with Crippen molar-refractivity contribution in [2.75, 3.05) is 19.8 Å². The van der Waals surface area contributed by atoms with Gasteiger partial charge < -0.3 is 14.2 Å². The van der Waals surface area contributed by atoms with E-state index in [0.29, 0.717) is 18.3 Å². The van der Waals surface area contributed by atoms with Crippen LogP contribution in [0.1, 0.15) is 0 Å². The summed E-state index contributed by atoms with van der Waals surface area (Å²) in [5.74, 6) is 0. The monoisotopic (exact) mass is 200 g/mol. The van der Waals surface area contributed by atoms with E-state index < -0.39 is 8.80 Å². The fraction of sp³-hybridized carbons (Fsp3) is 1.00. The van der Waals surface area contributed by atoms with Gasteiger partial charge >= 0.3 is 0 Å². The summed E-state index contributed by atoms with van der Waals surface area (Å²) in [4.78, 5) is 0. The summed E-state index contributed by atoms with van der Waals surface area (Å²) in [6.45, 7) is 3.04. The number of epoxide rings is 3. The van der Waals surface area contributed by atoms with E-state index >= 15 is 0 Å². The molecule has 3 aliphatic rings. The molecule has 0 bridgehead atoms. The summed E-state index contributed by atoms with van der Waals surface area (Å²) < 4.78 is 15.9. The average Bonchev–Trinajstić information content (AvgIpc) is 2.94. The molecule has 3 unspecified atom stereocenters. The second-order valence-corrected chi connectivity index (χ2v) is 7.59. The smallest absolute Gasteiger partial charge is 0.0784 e. The molecule has 74 valence electrons. The molecule has 3 nitrogen and oxygen atoms in total. The first-order valence-electron chi connectivity index (χ1n) is 5.25. The first-order valence-corrected chi connectivity index (χ1v) is 7.70. The third kappa shape index (κ3) is 2.77. The van der Waals surface area contributed by atoms with Gasteiger partial charge in [0.05, 0.1) is 38.1 Å². The molecule has 3 fully saturated rings. The van der Waals surface area contributed by atoms with Crippen molar-refractivity contribution in [3.05, 3.63) is 0 Å². The molecule has 0 spiro atoms. The van der Waals surface area contributed by atoms with Crippen LogP contribution in [0.25, 0.3) is 0 Å². The molecule has 3 atom stereocenters. The minimum atomic E-state index is -0.595. The van der Waals surface area contributed by atoms with Gasteiger partial charge in [-0.2, -0.15) is 0 Å². The van der Waals surface area contributed by atoms with Crippen LogP contribution in [0.15, 0.2) is 0 Å². The fourth-order valence-electron chi connectivity index (χ4n) is 2.02. The maximum absolute atomic E-state index is 5.30. The van der Waals surface area contributed by atoms with E-state index in [9.17, 15) is 0 Å². The molecule has 0 N–H and O–H groups in total. The molecule has 3 aliphatic heterocycles. The first kappa shape index (κ1) is 8.41. The van der Waals surface area contributed by atoms with Gasteiger partial charge in [0.1, 0.15) is 0 Å². The van der Waals surface area contributed by atoms with E-state index in [2.05, 4.69) is 0 Å². The minimum absolute atomic E-state index is 0.595. The van der Waals surface area contributed by atoms with Gasteiger partial charge in [0.2, 0.25) is 0 Å². The molecule has 0 radical (unpaired) electrons. The Morgan fingerprint density at radius 3 is 1.31 bits per heavy atom. The van der Waals surface area contributed by atoms with Gasteiger partial charge in [-0.05, 0) is 18.1 Å². The summed E-state index contributed by atoms with van der Waals surface area (Å²) in [5.41, 5.74) is 0. The summed E-state index contributed by atoms with van der Waals surface area (Å²) in [6, 6.07) is 4.08. The maximum atomic E-state index is 5.30. The van der Waals surface area contributed by atoms with Crippen LogP contribution in [-0.4, -0.2) is 46.9 Å². The van der Waals surface area contributed by atoms with Crippen molar-refractivity contribution < 1.29 is 14.2 Å². The summed E-state index contributed by atoms with van der Waals surface area (Å²) >= 11 is 0. The Labute approximate surface area is 80.0 Å². The van der Waals surface area contributed by atoms with Crippen LogP contribution >= 0.6 is 0 Å². The third-order valence-corrected chi connectivity index (χ3v) is 6.57. The van der Waals surface area contributed by atoms with Crippen LogP contribution in [-0.2, 0) is 14.2 Å². The molecule has 3 rings (SSSR count). The van der Waals surface area contributed by atoms with Crippen LogP contribution in [0.4, 0.5) is 0 Å². The molecule has 13 heavy (non-hydrogen) atoms. The summed E-state index contributed by atoms with van der Waals surface area (Å²) in [5, 5.41) is 0. The molecule has 3 heterocycles. The van der Waals surface area contributed by atoms with E-state index in [1.54, 1.807) is 0 Å². The van der Waals surface area contributed by atoms with Gasteiger partial charge in [-0.15, -0.1) is 0 Å². The Kier molecular flexibility index (Phi) is 2.16. The Morgan fingerprint density at radius 1 is 0.769 bits per heavy atom. The summed E-state index contributed by atoms with van der Waals surface area (Å²) in [6.07, 6.45) is 1.86. The van der Waals surface area contributed by atoms with Crippen molar-refractivity contribution in [1.29, 1.82) is 0 Å². The molecule has 0 aromatic heterocycles. The molecule has 3 saturated heterocycles. The predicted octanol–water partition coefficient (Wildman–Crippen LogP) is 0.410. The van der Waals surface area contributed by atoms with Crippen LogP contribution < -0.4 is 0 Å². The second kappa shape index (κ2) is 3.35. The zero-order valence-corrected chi connectivity index (χ0v) is 8.93. The van der Waals surface area contributed by atoms with Gasteiger partial charge in [0.25, 0.3) is 0 Å². The van der Waals surface area contributed by atoms with Crippen LogP contribution in [0, 0.1) is 0 Å². The molecule has 0 saturated carbocycles. The van der Waals surface area contributed by atoms with E-state index in [-0.39, 0.29) is 0 Å². The Balaban J connectivity index is 1.45. The lowest BCUT2D eigenvalue weighted by atomic mass is 10.5. The van der Waals surface area contributed by atoms with Crippen LogP contribution in [0.2, 0.25) is 18.1 Å². The highest BCUT2D eigenvalue weighted by Crippen LogP contribution is 2.29. The fourth-order valence-corrected chi connectivity index (χ4v) is 5.64. The summed E-state index contributed by atoms with van der Waals surface area (Å²) in [7, 11) is -0.595. The number of rotatable bonds is 6. The predicted molar refractivity (Wildman–Crippen MR) is 50.8 cm³/mol. The quantitative estimate of drug-likeness (QED) is 0.460. The Morgan fingerprint density at radius 2 is 1.08 bits per heavy atom. The molecule has 4 heteroatoms. The van der Waals surface area contributed by atoms with Gasteiger partial charge in [-0.25, -0.2) is 0 Å². The standard InChI is InChI=1S/C9H16O3Si/c1-7(10-1)4-13(5-8-2-11-8)6-9-3-12-9/h7-9,13H,1-6H2. The lowest BCUT2D eigenvalue weighted by molar-refractivity contribution is 0.409. The van der Waals surface area contributed by atoms with E-state index in [0.717, 1.165) is 19.8 Å². The number of ether oxygens (including phenoxy) is 3. The molecule has 0 aromatic carbocycles. The third-order valence-electron chi connectivity index (χ3n) is 3.00. The maximum Gasteiger partial charge on any atom is 0.0784 e. The van der Waals surface area contributed by atoms with E-state index in [1.165, 1.54) is 18.1 Å². The van der Waals surface area contributed by atoms with Crippen LogP contribution in [0.3, 0.4) is 0 Å². The highest BCUT2D eigenvalue weighted by Gasteiger charge is 2.36. The Hall–Kier alpha value is 0.0969. The second-order valence-electron chi connectivity index (χ2n) is 4.44. The zero-order chi connectivity index (χ0) is 8.67. The lowest BCUT2D eigenvalue weighted by Crippen LogP contribution is -2.19. The number of hydrogen-bond acceptors (Lipinski definition) is 3. The SMILES string of the molecule is C1OC1C[SiH](CC1CO1)CC1CO1. The van der Waals surface area contributed by atoms with Gasteiger partial charge in [-0.3, -0.25) is 0 Å². The average molecular weight is 200 g/mol. The highest BCUT2D eigenvalue weighted by molar-refractivity contribution is 6.59. The van der Waals surface area contributed by atoms with Gasteiger partial charge in [0, 0.05) is 8.80 Å². The molecular formula is C9H16O3Si. The molecule has 0 aliphatic carbocycles. The molecule has 0 aromatic rings. The highest BCUT2D eigenvalue weighted by atomic mass is 28.3. The number of hydrogen-bond donors (Lipinski definition) is 0. The molecular weight excluding hydrogens is 184 g/mol. The molecule has 0 amide bonds. The van der Waals surface area contributed by atoms with Crippen molar-refractivity contribution >= 4 is 8.80 Å². The topological polar surface area (TPSA) is 37.6 Å². The minimum Gasteiger partial charge on any atom is -0.373 e. The zero-order valence-electron chi connectivity index (χ0n) is 7.78. The van der Waals surface area contributed by atoms with E-state index in [4.69, 9.17) is 14.2 Å². The van der Waals surface area contributed by atoms with Crippen molar-refractivity contribution in [2.24, 2.45) is 0 Å². The van der Waals surface area contributed by atoms with Gasteiger partial charge in [-0.1, -0.05) is 0 Å². The van der Waals surface area contributed by atoms with Crippen LogP contribution in [0.5, 0.6) is 0 Å². The Bertz CT molecular complexity index is 154. The first-order chi connectivity index (χ1) is 6.40. The largest absolute Gasteiger partial charge is 0.373 e. The van der Waals surface area contributed by atoms with Crippen molar-refractivity contribution in [3.63, 3.8) is 0 Å². The lowest BCUT2D eigenvalue weighted by Gasteiger charge is -2.10.